The Bertz CT molecular complexity index is 594. The quantitative estimate of drug-likeness (QED) is 0.294. The average Bonchev–Trinajstić information content (AvgIpc) is 3.14. The number of nitrogens with one attached hydrogen (secondary N) is 3. The van der Waals surface area contributed by atoms with Gasteiger partial charge in [0.05, 0.1) is 13.7 Å². The first-order valence-corrected chi connectivity index (χ1v) is 9.24. The van der Waals surface area contributed by atoms with Gasteiger partial charge in [-0.25, -0.2) is 0 Å². The standard InChI is InChI=1S/C19H31N5O2.HI/c1-4-24-11-5-6-16(24)13-22-19(20-2)23-14-18(25)21-12-15-7-9-17(26-3)10-8-15;/h7-10,16H,4-6,11-14H2,1-3H3,(H,21,25)(H2,20,22,23);1H. The second-order valence-corrected chi connectivity index (χ2v) is 6.36. The van der Waals surface area contributed by atoms with Crippen LogP contribution in [0, 0.1) is 0 Å². The van der Waals surface area contributed by atoms with Gasteiger partial charge < -0.3 is 20.7 Å². The van der Waals surface area contributed by atoms with Crippen LogP contribution in [0.25, 0.3) is 0 Å². The highest BCUT2D eigenvalue weighted by Gasteiger charge is 2.22. The highest BCUT2D eigenvalue weighted by Crippen LogP contribution is 2.15. The fraction of sp³-hybridized carbons (Fsp3) is 0.579. The van der Waals surface area contributed by atoms with Crippen LogP contribution in [0.5, 0.6) is 5.75 Å². The highest BCUT2D eigenvalue weighted by molar-refractivity contribution is 14.0. The van der Waals surface area contributed by atoms with E-state index < -0.39 is 0 Å². The molecule has 1 fully saturated rings. The average molecular weight is 489 g/mol. The van der Waals surface area contributed by atoms with E-state index in [9.17, 15) is 4.79 Å². The second kappa shape index (κ2) is 12.8. The summed E-state index contributed by atoms with van der Waals surface area (Å²) in [5.74, 6) is 1.40. The number of methoxy groups -OCH3 is 1. The van der Waals surface area contributed by atoms with Gasteiger partial charge in [0.15, 0.2) is 5.96 Å². The van der Waals surface area contributed by atoms with Crippen LogP contribution < -0.4 is 20.7 Å². The number of likely N-dealkylation sites (tertiary alicyclic amines) is 1. The molecule has 152 valence electrons. The highest BCUT2D eigenvalue weighted by atomic mass is 127. The lowest BCUT2D eigenvalue weighted by atomic mass is 10.2. The molecule has 27 heavy (non-hydrogen) atoms. The van der Waals surface area contributed by atoms with E-state index in [1.165, 1.54) is 19.4 Å². The molecule has 1 aliphatic rings. The van der Waals surface area contributed by atoms with Gasteiger partial charge in [-0.1, -0.05) is 19.1 Å². The van der Waals surface area contributed by atoms with E-state index in [2.05, 4.69) is 32.8 Å². The molecule has 1 aromatic rings. The van der Waals surface area contributed by atoms with Gasteiger partial charge in [-0.05, 0) is 43.6 Å². The van der Waals surface area contributed by atoms with Crippen LogP contribution in [-0.2, 0) is 11.3 Å². The number of hydrogen-bond acceptors (Lipinski definition) is 4. The molecule has 0 bridgehead atoms. The minimum atomic E-state index is -0.0696. The number of carbonyl (C=O) groups excluding carboxylic acids is 1. The third-order valence-corrected chi connectivity index (χ3v) is 4.70. The number of aliphatic imine (C=N–C) groups is 1. The molecule has 1 unspecified atom stereocenters. The SMILES string of the molecule is CCN1CCCC1CNC(=NC)NCC(=O)NCc1ccc(OC)cc1.I. The molecular weight excluding hydrogens is 457 g/mol. The molecule has 1 heterocycles. The normalized spacial score (nSPS) is 17.1. The number of benzene rings is 1. The molecule has 0 spiro atoms. The van der Waals surface area contributed by atoms with Crippen molar-refractivity contribution in [3.63, 3.8) is 0 Å². The van der Waals surface area contributed by atoms with Crippen LogP contribution in [0.3, 0.4) is 0 Å². The van der Waals surface area contributed by atoms with E-state index in [1.54, 1.807) is 14.2 Å². The molecule has 1 saturated heterocycles. The summed E-state index contributed by atoms with van der Waals surface area (Å²) in [7, 11) is 3.35. The number of nitrogens with zero attached hydrogens (tertiary/aromatic N) is 2. The van der Waals surface area contributed by atoms with E-state index in [0.717, 1.165) is 24.4 Å². The van der Waals surface area contributed by atoms with Crippen LogP contribution in [-0.4, -0.2) is 63.1 Å². The largest absolute Gasteiger partial charge is 0.497 e. The van der Waals surface area contributed by atoms with Crippen molar-refractivity contribution in [2.24, 2.45) is 4.99 Å². The Labute approximate surface area is 179 Å². The maximum absolute atomic E-state index is 12.0. The van der Waals surface area contributed by atoms with Crippen LogP contribution in [0.2, 0.25) is 0 Å². The first-order valence-electron chi connectivity index (χ1n) is 9.24. The first-order chi connectivity index (χ1) is 12.7. The summed E-state index contributed by atoms with van der Waals surface area (Å²) in [5, 5.41) is 9.29. The van der Waals surface area contributed by atoms with Crippen LogP contribution in [0.15, 0.2) is 29.3 Å². The zero-order chi connectivity index (χ0) is 18.8. The molecule has 8 heteroatoms. The fourth-order valence-electron chi connectivity index (χ4n) is 3.15. The number of amides is 1. The van der Waals surface area contributed by atoms with Gasteiger partial charge in [-0.15, -0.1) is 24.0 Å². The minimum absolute atomic E-state index is 0. The van der Waals surface area contributed by atoms with Crippen LogP contribution in [0.4, 0.5) is 0 Å². The van der Waals surface area contributed by atoms with Gasteiger partial charge >= 0.3 is 0 Å². The smallest absolute Gasteiger partial charge is 0.239 e. The maximum atomic E-state index is 12.0. The van der Waals surface area contributed by atoms with E-state index >= 15 is 0 Å². The Hall–Kier alpha value is -1.55. The molecular formula is C19H32IN5O2. The Kier molecular flexibility index (Phi) is 11.1. The molecule has 0 radical (unpaired) electrons. The van der Waals surface area contributed by atoms with Crippen molar-refractivity contribution in [2.75, 3.05) is 40.3 Å². The van der Waals surface area contributed by atoms with Gasteiger partial charge in [-0.2, -0.15) is 0 Å². The van der Waals surface area contributed by atoms with Gasteiger partial charge in [-0.3, -0.25) is 14.7 Å². The van der Waals surface area contributed by atoms with Crippen molar-refractivity contribution in [1.82, 2.24) is 20.9 Å². The fourth-order valence-corrected chi connectivity index (χ4v) is 3.15. The Morgan fingerprint density at radius 3 is 2.63 bits per heavy atom. The summed E-state index contributed by atoms with van der Waals surface area (Å²) < 4.78 is 5.13. The van der Waals surface area contributed by atoms with Crippen molar-refractivity contribution in [2.45, 2.75) is 32.4 Å². The number of carbonyl (C=O) groups is 1. The number of guanidine groups is 1. The summed E-state index contributed by atoms with van der Waals surface area (Å²) in [4.78, 5) is 18.7. The lowest BCUT2D eigenvalue weighted by molar-refractivity contribution is -0.120. The zero-order valence-corrected chi connectivity index (χ0v) is 18.8. The Morgan fingerprint density at radius 2 is 2.00 bits per heavy atom. The van der Waals surface area contributed by atoms with E-state index in [4.69, 9.17) is 4.74 Å². The maximum Gasteiger partial charge on any atom is 0.239 e. The van der Waals surface area contributed by atoms with Crippen LogP contribution in [0.1, 0.15) is 25.3 Å². The van der Waals surface area contributed by atoms with Crippen LogP contribution >= 0.6 is 24.0 Å². The third kappa shape index (κ3) is 7.92. The summed E-state index contributed by atoms with van der Waals surface area (Å²) in [6.45, 7) is 5.97. The summed E-state index contributed by atoms with van der Waals surface area (Å²) in [5.41, 5.74) is 1.03. The molecule has 3 N–H and O–H groups in total. The predicted octanol–water partition coefficient (Wildman–Crippen LogP) is 1.58. The molecule has 7 nitrogen and oxygen atoms in total. The molecule has 0 aliphatic carbocycles. The van der Waals surface area contributed by atoms with Crippen molar-refractivity contribution in [3.05, 3.63) is 29.8 Å². The van der Waals surface area contributed by atoms with Crippen molar-refractivity contribution >= 4 is 35.8 Å². The number of halogens is 1. The molecule has 1 atom stereocenters. The van der Waals surface area contributed by atoms with E-state index in [0.29, 0.717) is 18.5 Å². The molecule has 1 aromatic carbocycles. The van der Waals surface area contributed by atoms with Gasteiger partial charge in [0, 0.05) is 26.2 Å². The molecule has 1 amide bonds. The minimum Gasteiger partial charge on any atom is -0.497 e. The molecule has 2 rings (SSSR count). The molecule has 0 aromatic heterocycles. The van der Waals surface area contributed by atoms with Gasteiger partial charge in [0.1, 0.15) is 5.75 Å². The van der Waals surface area contributed by atoms with E-state index in [1.807, 2.05) is 24.3 Å². The lowest BCUT2D eigenvalue weighted by Gasteiger charge is -2.23. The predicted molar refractivity (Wildman–Crippen MR) is 120 cm³/mol. The number of rotatable bonds is 8. The van der Waals surface area contributed by atoms with Crippen molar-refractivity contribution in [3.8, 4) is 5.75 Å². The zero-order valence-electron chi connectivity index (χ0n) is 16.5. The Morgan fingerprint density at radius 1 is 1.26 bits per heavy atom. The monoisotopic (exact) mass is 489 g/mol. The number of ether oxygens (including phenoxy) is 1. The number of likely N-dealkylation sites (N-methyl/N-ethyl adjacent to an activating group) is 1. The topological polar surface area (TPSA) is 78.0 Å². The van der Waals surface area contributed by atoms with Crippen molar-refractivity contribution in [1.29, 1.82) is 0 Å². The lowest BCUT2D eigenvalue weighted by Crippen LogP contribution is -2.47. The van der Waals surface area contributed by atoms with Gasteiger partial charge in [0.25, 0.3) is 0 Å². The van der Waals surface area contributed by atoms with E-state index in [-0.39, 0.29) is 36.4 Å². The molecule has 0 saturated carbocycles. The summed E-state index contributed by atoms with van der Waals surface area (Å²) in [6.07, 6.45) is 2.46. The summed E-state index contributed by atoms with van der Waals surface area (Å²) >= 11 is 0. The van der Waals surface area contributed by atoms with Crippen molar-refractivity contribution < 1.29 is 9.53 Å². The van der Waals surface area contributed by atoms with Gasteiger partial charge in [0.2, 0.25) is 5.91 Å². The number of hydrogen-bond donors (Lipinski definition) is 3. The second-order valence-electron chi connectivity index (χ2n) is 6.36. The summed E-state index contributed by atoms with van der Waals surface area (Å²) in [6, 6.07) is 8.19. The third-order valence-electron chi connectivity index (χ3n) is 4.70. The Balaban J connectivity index is 0.00000364. The first kappa shape index (κ1) is 23.5. The molecule has 1 aliphatic heterocycles.